The largest absolute Gasteiger partial charge is 0.327 e. The van der Waals surface area contributed by atoms with Gasteiger partial charge in [0.1, 0.15) is 0 Å². The third kappa shape index (κ3) is 4.77. The van der Waals surface area contributed by atoms with Crippen LogP contribution in [0.4, 0.5) is 5.69 Å². The number of amides is 1. The zero-order chi connectivity index (χ0) is 12.8. The number of carbonyl (C=O) groups is 1. The summed E-state index contributed by atoms with van der Waals surface area (Å²) in [5.74, 6) is -0.0569. The SMILES string of the molecule is CCCC(N)CC(=O)Nc1c(Br)cccc1Br. The van der Waals surface area contributed by atoms with E-state index in [9.17, 15) is 4.79 Å². The van der Waals surface area contributed by atoms with Crippen LogP contribution in [0.1, 0.15) is 26.2 Å². The van der Waals surface area contributed by atoms with Gasteiger partial charge >= 0.3 is 0 Å². The van der Waals surface area contributed by atoms with E-state index in [1.54, 1.807) is 0 Å². The van der Waals surface area contributed by atoms with Crippen LogP contribution >= 0.6 is 31.9 Å². The fourth-order valence-corrected chi connectivity index (χ4v) is 2.72. The molecule has 3 N–H and O–H groups in total. The number of hydrogen-bond acceptors (Lipinski definition) is 2. The number of anilines is 1. The molecule has 0 aliphatic heterocycles. The second kappa shape index (κ2) is 7.13. The first-order valence-electron chi connectivity index (χ1n) is 5.54. The summed E-state index contributed by atoms with van der Waals surface area (Å²) in [7, 11) is 0. The quantitative estimate of drug-likeness (QED) is 0.838. The lowest BCUT2D eigenvalue weighted by molar-refractivity contribution is -0.116. The van der Waals surface area contributed by atoms with Crippen molar-refractivity contribution in [2.24, 2.45) is 5.73 Å². The van der Waals surface area contributed by atoms with E-state index < -0.39 is 0 Å². The van der Waals surface area contributed by atoms with Crippen molar-refractivity contribution in [3.05, 3.63) is 27.1 Å². The fourth-order valence-electron chi connectivity index (χ4n) is 1.52. The van der Waals surface area contributed by atoms with E-state index in [-0.39, 0.29) is 11.9 Å². The lowest BCUT2D eigenvalue weighted by Gasteiger charge is -2.12. The number of rotatable bonds is 5. The molecular formula is C12H16Br2N2O. The molecule has 94 valence electrons. The van der Waals surface area contributed by atoms with Crippen LogP contribution in [-0.4, -0.2) is 11.9 Å². The molecule has 0 aliphatic carbocycles. The maximum Gasteiger partial charge on any atom is 0.225 e. The van der Waals surface area contributed by atoms with E-state index >= 15 is 0 Å². The first-order valence-corrected chi connectivity index (χ1v) is 7.12. The minimum Gasteiger partial charge on any atom is -0.327 e. The Bertz CT molecular complexity index is 376. The molecule has 0 bridgehead atoms. The van der Waals surface area contributed by atoms with Crippen molar-refractivity contribution < 1.29 is 4.79 Å². The average Bonchev–Trinajstić information content (AvgIpc) is 2.24. The van der Waals surface area contributed by atoms with Crippen LogP contribution in [0.15, 0.2) is 27.1 Å². The van der Waals surface area contributed by atoms with Crippen molar-refractivity contribution in [3.8, 4) is 0 Å². The van der Waals surface area contributed by atoms with Crippen LogP contribution in [0.5, 0.6) is 0 Å². The van der Waals surface area contributed by atoms with Crippen molar-refractivity contribution >= 4 is 43.5 Å². The number of nitrogens with one attached hydrogen (secondary N) is 1. The summed E-state index contributed by atoms with van der Waals surface area (Å²) in [6.07, 6.45) is 2.21. The Labute approximate surface area is 118 Å². The first-order chi connectivity index (χ1) is 8.04. The minimum absolute atomic E-state index is 0.0569. The molecule has 0 radical (unpaired) electrons. The van der Waals surface area contributed by atoms with Crippen LogP contribution in [0.3, 0.4) is 0 Å². The Morgan fingerprint density at radius 1 is 1.41 bits per heavy atom. The molecule has 3 nitrogen and oxygen atoms in total. The third-order valence-electron chi connectivity index (χ3n) is 2.33. The molecule has 1 aromatic rings. The molecule has 1 amide bonds. The van der Waals surface area contributed by atoms with E-state index in [0.717, 1.165) is 27.5 Å². The molecule has 0 heterocycles. The van der Waals surface area contributed by atoms with Crippen molar-refractivity contribution in [1.29, 1.82) is 0 Å². The Kier molecular flexibility index (Phi) is 6.16. The van der Waals surface area contributed by atoms with Crippen LogP contribution in [0.25, 0.3) is 0 Å². The van der Waals surface area contributed by atoms with E-state index in [1.165, 1.54) is 0 Å². The van der Waals surface area contributed by atoms with Gasteiger partial charge in [-0.05, 0) is 50.4 Å². The zero-order valence-electron chi connectivity index (χ0n) is 9.67. The van der Waals surface area contributed by atoms with Gasteiger partial charge in [-0.1, -0.05) is 19.4 Å². The molecule has 0 saturated heterocycles. The van der Waals surface area contributed by atoms with E-state index in [1.807, 2.05) is 18.2 Å². The number of carbonyl (C=O) groups excluding carboxylic acids is 1. The summed E-state index contributed by atoms with van der Waals surface area (Å²) in [5, 5.41) is 2.86. The van der Waals surface area contributed by atoms with Gasteiger partial charge in [-0.3, -0.25) is 4.79 Å². The summed E-state index contributed by atoms with van der Waals surface area (Å²) in [6.45, 7) is 2.06. The van der Waals surface area contributed by atoms with Crippen molar-refractivity contribution in [2.45, 2.75) is 32.2 Å². The highest BCUT2D eigenvalue weighted by Crippen LogP contribution is 2.30. The Balaban J connectivity index is 2.62. The summed E-state index contributed by atoms with van der Waals surface area (Å²) in [6, 6.07) is 5.59. The van der Waals surface area contributed by atoms with Crippen molar-refractivity contribution in [3.63, 3.8) is 0 Å². The van der Waals surface area contributed by atoms with Gasteiger partial charge in [-0.15, -0.1) is 0 Å². The number of hydrogen-bond donors (Lipinski definition) is 2. The predicted octanol–water partition coefficient (Wildman–Crippen LogP) is 3.67. The van der Waals surface area contributed by atoms with Gasteiger partial charge in [0.25, 0.3) is 0 Å². The monoisotopic (exact) mass is 362 g/mol. The molecule has 0 fully saturated rings. The topological polar surface area (TPSA) is 55.1 Å². The Hall–Kier alpha value is -0.390. The Morgan fingerprint density at radius 3 is 2.53 bits per heavy atom. The maximum absolute atomic E-state index is 11.8. The molecule has 0 saturated carbocycles. The average molecular weight is 364 g/mol. The van der Waals surface area contributed by atoms with Gasteiger partial charge in [0.15, 0.2) is 0 Å². The molecule has 5 heteroatoms. The van der Waals surface area contributed by atoms with Crippen LogP contribution in [0.2, 0.25) is 0 Å². The van der Waals surface area contributed by atoms with Gasteiger partial charge in [-0.25, -0.2) is 0 Å². The highest BCUT2D eigenvalue weighted by Gasteiger charge is 2.12. The van der Waals surface area contributed by atoms with E-state index in [4.69, 9.17) is 5.73 Å². The second-order valence-electron chi connectivity index (χ2n) is 3.90. The summed E-state index contributed by atoms with van der Waals surface area (Å²) >= 11 is 6.79. The summed E-state index contributed by atoms with van der Waals surface area (Å²) in [5.41, 5.74) is 6.58. The maximum atomic E-state index is 11.8. The van der Waals surface area contributed by atoms with Crippen LogP contribution < -0.4 is 11.1 Å². The molecule has 17 heavy (non-hydrogen) atoms. The van der Waals surface area contributed by atoms with Gasteiger partial charge in [-0.2, -0.15) is 0 Å². The highest BCUT2D eigenvalue weighted by atomic mass is 79.9. The third-order valence-corrected chi connectivity index (χ3v) is 3.66. The fraction of sp³-hybridized carbons (Fsp3) is 0.417. The van der Waals surface area contributed by atoms with Gasteiger partial charge in [0, 0.05) is 21.4 Å². The highest BCUT2D eigenvalue weighted by molar-refractivity contribution is 9.11. The Morgan fingerprint density at radius 2 is 2.00 bits per heavy atom. The predicted molar refractivity (Wildman–Crippen MR) is 78.0 cm³/mol. The van der Waals surface area contributed by atoms with Gasteiger partial charge < -0.3 is 11.1 Å². The number of para-hydroxylation sites is 1. The van der Waals surface area contributed by atoms with Crippen molar-refractivity contribution in [2.75, 3.05) is 5.32 Å². The van der Waals surface area contributed by atoms with Gasteiger partial charge in [0.2, 0.25) is 5.91 Å². The van der Waals surface area contributed by atoms with Crippen LogP contribution in [0, 0.1) is 0 Å². The number of benzene rings is 1. The first kappa shape index (κ1) is 14.7. The molecule has 1 unspecified atom stereocenters. The lowest BCUT2D eigenvalue weighted by Crippen LogP contribution is -2.27. The molecule has 0 aromatic heterocycles. The molecule has 0 aliphatic rings. The lowest BCUT2D eigenvalue weighted by atomic mass is 10.1. The summed E-state index contributed by atoms with van der Waals surface area (Å²) < 4.78 is 1.70. The smallest absolute Gasteiger partial charge is 0.225 e. The van der Waals surface area contributed by atoms with E-state index in [0.29, 0.717) is 6.42 Å². The molecule has 0 spiro atoms. The number of halogens is 2. The standard InChI is InChI=1S/C12H16Br2N2O/c1-2-4-8(15)7-11(17)16-12-9(13)5-3-6-10(12)14/h3,5-6,8H,2,4,7,15H2,1H3,(H,16,17). The normalized spacial score (nSPS) is 12.2. The molecule has 1 rings (SSSR count). The number of nitrogens with two attached hydrogens (primary N) is 1. The minimum atomic E-state index is -0.0683. The molecule has 1 aromatic carbocycles. The molecule has 1 atom stereocenters. The van der Waals surface area contributed by atoms with Crippen molar-refractivity contribution in [1.82, 2.24) is 0 Å². The van der Waals surface area contributed by atoms with Crippen LogP contribution in [-0.2, 0) is 4.79 Å². The molecular weight excluding hydrogens is 348 g/mol. The zero-order valence-corrected chi connectivity index (χ0v) is 12.8. The summed E-state index contributed by atoms with van der Waals surface area (Å²) in [4.78, 5) is 11.8. The second-order valence-corrected chi connectivity index (χ2v) is 5.61. The van der Waals surface area contributed by atoms with E-state index in [2.05, 4.69) is 44.1 Å². The van der Waals surface area contributed by atoms with Gasteiger partial charge in [0.05, 0.1) is 5.69 Å².